The van der Waals surface area contributed by atoms with Crippen LogP contribution in [-0.4, -0.2) is 28.0 Å². The third kappa shape index (κ3) is 3.53. The molecule has 1 aromatic carbocycles. The molecule has 2 aromatic rings. The molecule has 1 amide bonds. The van der Waals surface area contributed by atoms with Gasteiger partial charge in [0.25, 0.3) is 5.91 Å². The largest absolute Gasteiger partial charge is 0.481 e. The summed E-state index contributed by atoms with van der Waals surface area (Å²) in [6, 6.07) is 2.61. The molecule has 6 nitrogen and oxygen atoms in total. The third-order valence-corrected chi connectivity index (χ3v) is 3.41. The molecule has 2 atom stereocenters. The molecular weight excluding hydrogens is 310 g/mol. The second-order valence-electron chi connectivity index (χ2n) is 5.02. The smallest absolute Gasteiger partial charge is 0.308 e. The molecule has 0 spiro atoms. The van der Waals surface area contributed by atoms with Crippen LogP contribution in [0.25, 0.3) is 11.5 Å². The van der Waals surface area contributed by atoms with Gasteiger partial charge in [0.05, 0.1) is 5.92 Å². The van der Waals surface area contributed by atoms with Crippen LogP contribution in [0, 0.1) is 17.6 Å². The van der Waals surface area contributed by atoms with Crippen molar-refractivity contribution in [2.24, 2.45) is 5.92 Å². The van der Waals surface area contributed by atoms with Gasteiger partial charge in [0, 0.05) is 6.04 Å². The molecule has 0 fully saturated rings. The summed E-state index contributed by atoms with van der Waals surface area (Å²) < 4.78 is 32.2. The third-order valence-electron chi connectivity index (χ3n) is 3.41. The SMILES string of the molecule is CC(NC(=O)c1coc(-c2c(F)cccc2F)n1)C(C)C(=O)O. The van der Waals surface area contributed by atoms with E-state index in [1.807, 2.05) is 0 Å². The minimum Gasteiger partial charge on any atom is -0.481 e. The first-order chi connectivity index (χ1) is 10.8. The molecule has 8 heteroatoms. The summed E-state index contributed by atoms with van der Waals surface area (Å²) >= 11 is 0. The van der Waals surface area contributed by atoms with E-state index in [0.717, 1.165) is 18.4 Å². The molecule has 0 saturated carbocycles. The number of benzene rings is 1. The van der Waals surface area contributed by atoms with Crippen LogP contribution in [-0.2, 0) is 4.79 Å². The fourth-order valence-electron chi connectivity index (χ4n) is 1.81. The number of hydrogen-bond donors (Lipinski definition) is 2. The number of halogens is 2. The van der Waals surface area contributed by atoms with Gasteiger partial charge in [0.2, 0.25) is 5.89 Å². The maximum atomic E-state index is 13.6. The highest BCUT2D eigenvalue weighted by Crippen LogP contribution is 2.25. The average Bonchev–Trinajstić information content (AvgIpc) is 2.95. The zero-order chi connectivity index (χ0) is 17.1. The second kappa shape index (κ2) is 6.55. The van der Waals surface area contributed by atoms with E-state index in [1.165, 1.54) is 19.9 Å². The minimum atomic E-state index is -1.06. The number of hydrogen-bond acceptors (Lipinski definition) is 4. The van der Waals surface area contributed by atoms with Crippen LogP contribution < -0.4 is 5.32 Å². The van der Waals surface area contributed by atoms with E-state index in [9.17, 15) is 18.4 Å². The summed E-state index contributed by atoms with van der Waals surface area (Å²) in [4.78, 5) is 26.6. The Kier molecular flexibility index (Phi) is 4.73. The van der Waals surface area contributed by atoms with Crippen LogP contribution in [0.3, 0.4) is 0 Å². The van der Waals surface area contributed by atoms with E-state index in [4.69, 9.17) is 9.52 Å². The number of oxazole rings is 1. The summed E-state index contributed by atoms with van der Waals surface area (Å²) in [7, 11) is 0. The number of nitrogens with zero attached hydrogens (tertiary/aromatic N) is 1. The molecule has 0 aliphatic rings. The Labute approximate surface area is 130 Å². The van der Waals surface area contributed by atoms with Crippen molar-refractivity contribution in [3.63, 3.8) is 0 Å². The van der Waals surface area contributed by atoms with Gasteiger partial charge in [-0.25, -0.2) is 13.8 Å². The zero-order valence-corrected chi connectivity index (χ0v) is 12.3. The fraction of sp³-hybridized carbons (Fsp3) is 0.267. The second-order valence-corrected chi connectivity index (χ2v) is 5.02. The number of aromatic nitrogens is 1. The van der Waals surface area contributed by atoms with E-state index < -0.39 is 41.0 Å². The van der Waals surface area contributed by atoms with Crippen LogP contribution in [0.5, 0.6) is 0 Å². The van der Waals surface area contributed by atoms with Crippen molar-refractivity contribution in [2.75, 3.05) is 0 Å². The first-order valence-corrected chi connectivity index (χ1v) is 6.74. The lowest BCUT2D eigenvalue weighted by Gasteiger charge is -2.16. The van der Waals surface area contributed by atoms with Crippen molar-refractivity contribution in [3.05, 3.63) is 41.8 Å². The van der Waals surface area contributed by atoms with Gasteiger partial charge in [-0.15, -0.1) is 0 Å². The lowest BCUT2D eigenvalue weighted by molar-refractivity contribution is -0.141. The predicted octanol–water partition coefficient (Wildman–Crippen LogP) is 2.46. The number of carboxylic acid groups (broad SMARTS) is 1. The van der Waals surface area contributed by atoms with Crippen molar-refractivity contribution in [3.8, 4) is 11.5 Å². The van der Waals surface area contributed by atoms with Gasteiger partial charge in [0.15, 0.2) is 5.69 Å². The minimum absolute atomic E-state index is 0.202. The average molecular weight is 324 g/mol. The molecule has 0 aliphatic heterocycles. The molecule has 23 heavy (non-hydrogen) atoms. The monoisotopic (exact) mass is 324 g/mol. The molecule has 122 valence electrons. The molecule has 0 radical (unpaired) electrons. The van der Waals surface area contributed by atoms with Gasteiger partial charge < -0.3 is 14.8 Å². The van der Waals surface area contributed by atoms with Crippen LogP contribution >= 0.6 is 0 Å². The van der Waals surface area contributed by atoms with Gasteiger partial charge in [-0.2, -0.15) is 0 Å². The van der Waals surface area contributed by atoms with Crippen LogP contribution in [0.1, 0.15) is 24.3 Å². The van der Waals surface area contributed by atoms with E-state index >= 15 is 0 Å². The predicted molar refractivity (Wildman–Crippen MR) is 75.6 cm³/mol. The maximum Gasteiger partial charge on any atom is 0.308 e. The van der Waals surface area contributed by atoms with Crippen molar-refractivity contribution >= 4 is 11.9 Å². The van der Waals surface area contributed by atoms with Crippen LogP contribution in [0.2, 0.25) is 0 Å². The van der Waals surface area contributed by atoms with Crippen LogP contribution in [0.4, 0.5) is 8.78 Å². The molecule has 0 saturated heterocycles. The summed E-state index contributed by atoms with van der Waals surface area (Å²) in [5.74, 6) is -4.68. The number of nitrogens with one attached hydrogen (secondary N) is 1. The Balaban J connectivity index is 2.19. The summed E-state index contributed by atoms with van der Waals surface area (Å²) in [5.41, 5.74) is -0.675. The van der Waals surface area contributed by atoms with Gasteiger partial charge in [-0.1, -0.05) is 6.07 Å². The molecule has 1 aromatic heterocycles. The summed E-state index contributed by atoms with van der Waals surface area (Å²) in [6.45, 7) is 2.96. The Morgan fingerprint density at radius 3 is 2.43 bits per heavy atom. The number of carboxylic acids is 1. The van der Waals surface area contributed by atoms with Crippen molar-refractivity contribution in [2.45, 2.75) is 19.9 Å². The molecule has 2 unspecified atom stereocenters. The Morgan fingerprint density at radius 2 is 1.87 bits per heavy atom. The number of rotatable bonds is 5. The van der Waals surface area contributed by atoms with Crippen molar-refractivity contribution in [1.29, 1.82) is 0 Å². The molecular formula is C15H14F2N2O4. The lowest BCUT2D eigenvalue weighted by atomic mass is 10.0. The van der Waals surface area contributed by atoms with Gasteiger partial charge in [0.1, 0.15) is 23.5 Å². The fourth-order valence-corrected chi connectivity index (χ4v) is 1.81. The quantitative estimate of drug-likeness (QED) is 0.881. The maximum absolute atomic E-state index is 13.6. The molecule has 2 rings (SSSR count). The number of carbonyl (C=O) groups excluding carboxylic acids is 1. The highest BCUT2D eigenvalue weighted by Gasteiger charge is 2.24. The first kappa shape index (κ1) is 16.6. The number of amides is 1. The number of aliphatic carboxylic acids is 1. The van der Waals surface area contributed by atoms with Gasteiger partial charge >= 0.3 is 5.97 Å². The van der Waals surface area contributed by atoms with E-state index in [2.05, 4.69) is 10.3 Å². The summed E-state index contributed by atoms with van der Waals surface area (Å²) in [6.07, 6.45) is 0.953. The highest BCUT2D eigenvalue weighted by atomic mass is 19.1. The standard InChI is InChI=1S/C15H14F2N2O4/c1-7(15(21)22)8(2)18-13(20)11-6-23-14(19-11)12-9(16)4-3-5-10(12)17/h3-8H,1-2H3,(H,18,20)(H,21,22). The Bertz CT molecular complexity index is 725. The normalized spacial score (nSPS) is 13.4. The number of carbonyl (C=O) groups is 2. The van der Waals surface area contributed by atoms with Gasteiger partial charge in [-0.05, 0) is 26.0 Å². The Morgan fingerprint density at radius 1 is 1.26 bits per heavy atom. The molecule has 2 N–H and O–H groups in total. The highest BCUT2D eigenvalue weighted by molar-refractivity contribution is 5.93. The molecule has 0 aliphatic carbocycles. The summed E-state index contributed by atoms with van der Waals surface area (Å²) in [5, 5.41) is 11.3. The van der Waals surface area contributed by atoms with Crippen molar-refractivity contribution in [1.82, 2.24) is 10.3 Å². The van der Waals surface area contributed by atoms with E-state index in [-0.39, 0.29) is 11.6 Å². The lowest BCUT2D eigenvalue weighted by Crippen LogP contribution is -2.40. The topological polar surface area (TPSA) is 92.4 Å². The Hall–Kier alpha value is -2.77. The van der Waals surface area contributed by atoms with E-state index in [1.54, 1.807) is 0 Å². The molecule has 0 bridgehead atoms. The van der Waals surface area contributed by atoms with Gasteiger partial charge in [-0.3, -0.25) is 9.59 Å². The zero-order valence-electron chi connectivity index (χ0n) is 12.3. The van der Waals surface area contributed by atoms with Crippen molar-refractivity contribution < 1.29 is 27.9 Å². The molecule has 1 heterocycles. The van der Waals surface area contributed by atoms with E-state index in [0.29, 0.717) is 0 Å². The van der Waals surface area contributed by atoms with Crippen LogP contribution in [0.15, 0.2) is 28.9 Å². The first-order valence-electron chi connectivity index (χ1n) is 6.74.